The zero-order chi connectivity index (χ0) is 19.7. The molecule has 8 nitrogen and oxygen atoms in total. The summed E-state index contributed by atoms with van der Waals surface area (Å²) in [5.41, 5.74) is 1.78. The lowest BCUT2D eigenvalue weighted by Crippen LogP contribution is -2.45. The minimum atomic E-state index is -0.620. The van der Waals surface area contributed by atoms with Gasteiger partial charge in [-0.2, -0.15) is 0 Å². The predicted molar refractivity (Wildman–Crippen MR) is 98.9 cm³/mol. The Hall–Kier alpha value is -3.03. The van der Waals surface area contributed by atoms with Crippen LogP contribution in [0.15, 0.2) is 35.5 Å². The van der Waals surface area contributed by atoms with E-state index in [4.69, 9.17) is 4.74 Å². The number of amides is 4. The van der Waals surface area contributed by atoms with E-state index in [0.717, 1.165) is 0 Å². The van der Waals surface area contributed by atoms with E-state index in [0.29, 0.717) is 22.6 Å². The van der Waals surface area contributed by atoms with Gasteiger partial charge in [0.05, 0.1) is 31.0 Å². The number of hydrogen-bond donors (Lipinski definition) is 2. The van der Waals surface area contributed by atoms with Crippen molar-refractivity contribution in [1.82, 2.24) is 20.4 Å². The summed E-state index contributed by atoms with van der Waals surface area (Å²) in [5, 5.41) is 5.65. The maximum atomic E-state index is 13.1. The standard InChI is InChI=1S/C19H24N4O4/c1-11(2)20-15(24)10-23-9-13-16(18(23)25)17(21-19(26)22(13)3)12-7-5-6-8-14(12)27-4/h5-8,11,17H,9-10H2,1-4H3,(H,20,24)(H,21,26). The van der Waals surface area contributed by atoms with Crippen molar-refractivity contribution in [2.45, 2.75) is 25.9 Å². The van der Waals surface area contributed by atoms with E-state index in [2.05, 4.69) is 10.6 Å². The Bertz CT molecular complexity index is 818. The first-order valence-electron chi connectivity index (χ1n) is 8.82. The van der Waals surface area contributed by atoms with Crippen molar-refractivity contribution >= 4 is 17.8 Å². The molecule has 0 saturated carbocycles. The van der Waals surface area contributed by atoms with E-state index in [1.165, 1.54) is 9.80 Å². The summed E-state index contributed by atoms with van der Waals surface area (Å²) in [7, 11) is 3.16. The van der Waals surface area contributed by atoms with Crippen molar-refractivity contribution in [2.24, 2.45) is 0 Å². The van der Waals surface area contributed by atoms with E-state index in [1.807, 2.05) is 32.0 Å². The van der Waals surface area contributed by atoms with Gasteiger partial charge in [-0.1, -0.05) is 18.2 Å². The highest BCUT2D eigenvalue weighted by Crippen LogP contribution is 2.38. The molecular weight excluding hydrogens is 348 g/mol. The van der Waals surface area contributed by atoms with Crippen LogP contribution < -0.4 is 15.4 Å². The number of carbonyl (C=O) groups excluding carboxylic acids is 3. The number of ether oxygens (including phenoxy) is 1. The van der Waals surface area contributed by atoms with E-state index in [-0.39, 0.29) is 37.0 Å². The van der Waals surface area contributed by atoms with Crippen molar-refractivity contribution in [2.75, 3.05) is 27.2 Å². The molecule has 2 aliphatic heterocycles. The molecular formula is C19H24N4O4. The maximum Gasteiger partial charge on any atom is 0.322 e. The minimum Gasteiger partial charge on any atom is -0.496 e. The van der Waals surface area contributed by atoms with Gasteiger partial charge in [0, 0.05) is 18.7 Å². The average molecular weight is 372 g/mol. The number of methoxy groups -OCH3 is 1. The van der Waals surface area contributed by atoms with Gasteiger partial charge in [-0.15, -0.1) is 0 Å². The zero-order valence-corrected chi connectivity index (χ0v) is 15.9. The van der Waals surface area contributed by atoms with Crippen LogP contribution in [0.4, 0.5) is 4.79 Å². The topological polar surface area (TPSA) is 91.0 Å². The van der Waals surface area contributed by atoms with E-state index >= 15 is 0 Å². The quantitative estimate of drug-likeness (QED) is 0.807. The summed E-state index contributed by atoms with van der Waals surface area (Å²) in [6.45, 7) is 3.89. The van der Waals surface area contributed by atoms with Gasteiger partial charge in [0.15, 0.2) is 0 Å². The van der Waals surface area contributed by atoms with Crippen molar-refractivity contribution in [3.05, 3.63) is 41.1 Å². The molecule has 27 heavy (non-hydrogen) atoms. The second-order valence-corrected chi connectivity index (χ2v) is 6.93. The molecule has 0 radical (unpaired) electrons. The molecule has 4 amide bonds. The summed E-state index contributed by atoms with van der Waals surface area (Å²) in [6.07, 6.45) is 0. The summed E-state index contributed by atoms with van der Waals surface area (Å²) in [4.78, 5) is 40.5. The Morgan fingerprint density at radius 1 is 1.33 bits per heavy atom. The molecule has 2 aliphatic rings. The number of hydrogen-bond acceptors (Lipinski definition) is 4. The first kappa shape index (κ1) is 18.8. The van der Waals surface area contributed by atoms with Gasteiger partial charge in [-0.3, -0.25) is 14.5 Å². The lowest BCUT2D eigenvalue weighted by Gasteiger charge is -2.31. The van der Waals surface area contributed by atoms with Gasteiger partial charge >= 0.3 is 6.03 Å². The van der Waals surface area contributed by atoms with Crippen LogP contribution in [-0.2, 0) is 9.59 Å². The molecule has 1 atom stereocenters. The Kier molecular flexibility index (Phi) is 5.07. The van der Waals surface area contributed by atoms with Gasteiger partial charge in [-0.25, -0.2) is 4.79 Å². The number of nitrogens with zero attached hydrogens (tertiary/aromatic N) is 2. The normalized spacial score (nSPS) is 19.4. The second-order valence-electron chi connectivity index (χ2n) is 6.93. The number of rotatable bonds is 5. The van der Waals surface area contributed by atoms with Crippen LogP contribution in [0.5, 0.6) is 5.75 Å². The summed E-state index contributed by atoms with van der Waals surface area (Å²) >= 11 is 0. The highest BCUT2D eigenvalue weighted by Gasteiger charge is 2.44. The molecule has 2 heterocycles. The molecule has 0 saturated heterocycles. The number of para-hydroxylation sites is 1. The molecule has 0 aliphatic carbocycles. The highest BCUT2D eigenvalue weighted by atomic mass is 16.5. The summed E-state index contributed by atoms with van der Waals surface area (Å²) in [5.74, 6) is 0.101. The minimum absolute atomic E-state index is 0.00923. The van der Waals surface area contributed by atoms with E-state index in [1.54, 1.807) is 20.2 Å². The van der Waals surface area contributed by atoms with E-state index < -0.39 is 6.04 Å². The third kappa shape index (κ3) is 3.47. The average Bonchev–Trinajstić information content (AvgIpc) is 2.94. The first-order valence-corrected chi connectivity index (χ1v) is 8.82. The third-order valence-corrected chi connectivity index (χ3v) is 4.67. The summed E-state index contributed by atoms with van der Waals surface area (Å²) < 4.78 is 5.40. The molecule has 8 heteroatoms. The molecule has 1 unspecified atom stereocenters. The van der Waals surface area contributed by atoms with Crippen LogP contribution in [0.2, 0.25) is 0 Å². The number of urea groups is 1. The van der Waals surface area contributed by atoms with Crippen molar-refractivity contribution in [3.8, 4) is 5.75 Å². The van der Waals surface area contributed by atoms with Gasteiger partial charge in [0.2, 0.25) is 5.91 Å². The maximum absolute atomic E-state index is 13.1. The van der Waals surface area contributed by atoms with Crippen LogP contribution in [0.25, 0.3) is 0 Å². The molecule has 0 fully saturated rings. The number of likely N-dealkylation sites (N-methyl/N-ethyl adjacent to an activating group) is 1. The van der Waals surface area contributed by atoms with Crippen molar-refractivity contribution < 1.29 is 19.1 Å². The molecule has 0 bridgehead atoms. The molecule has 0 spiro atoms. The summed E-state index contributed by atoms with van der Waals surface area (Å²) in [6, 6.07) is 6.33. The van der Waals surface area contributed by atoms with Crippen molar-refractivity contribution in [3.63, 3.8) is 0 Å². The fourth-order valence-corrected chi connectivity index (χ4v) is 3.43. The molecule has 2 N–H and O–H groups in total. The fraction of sp³-hybridized carbons (Fsp3) is 0.421. The van der Waals surface area contributed by atoms with Crippen LogP contribution in [-0.4, -0.2) is 60.9 Å². The number of carbonyl (C=O) groups is 3. The number of benzene rings is 1. The lowest BCUT2D eigenvalue weighted by molar-refractivity contribution is -0.132. The zero-order valence-electron chi connectivity index (χ0n) is 15.9. The molecule has 144 valence electrons. The Labute approximate surface area is 158 Å². The lowest BCUT2D eigenvalue weighted by atomic mass is 9.95. The molecule has 0 aromatic heterocycles. The van der Waals surface area contributed by atoms with Crippen LogP contribution in [0.3, 0.4) is 0 Å². The van der Waals surface area contributed by atoms with Crippen LogP contribution >= 0.6 is 0 Å². The number of nitrogens with one attached hydrogen (secondary N) is 2. The third-order valence-electron chi connectivity index (χ3n) is 4.67. The Morgan fingerprint density at radius 2 is 2.04 bits per heavy atom. The molecule has 3 rings (SSSR count). The van der Waals surface area contributed by atoms with Crippen LogP contribution in [0.1, 0.15) is 25.5 Å². The SMILES string of the molecule is COc1ccccc1C1NC(=O)N(C)C2=C1C(=O)N(CC(=O)NC(C)C)C2. The van der Waals surface area contributed by atoms with Gasteiger partial charge in [0.25, 0.3) is 5.91 Å². The fourth-order valence-electron chi connectivity index (χ4n) is 3.43. The monoisotopic (exact) mass is 372 g/mol. The van der Waals surface area contributed by atoms with Gasteiger partial charge < -0.3 is 20.3 Å². The molecule has 1 aromatic carbocycles. The van der Waals surface area contributed by atoms with E-state index in [9.17, 15) is 14.4 Å². The van der Waals surface area contributed by atoms with Crippen molar-refractivity contribution in [1.29, 1.82) is 0 Å². The smallest absolute Gasteiger partial charge is 0.322 e. The first-order chi connectivity index (χ1) is 12.8. The highest BCUT2D eigenvalue weighted by molar-refractivity contribution is 6.03. The predicted octanol–water partition coefficient (Wildman–Crippen LogP) is 1.01. The van der Waals surface area contributed by atoms with Crippen LogP contribution in [0, 0.1) is 0 Å². The molecule has 1 aromatic rings. The Balaban J connectivity index is 1.93. The van der Waals surface area contributed by atoms with Gasteiger partial charge in [-0.05, 0) is 19.9 Å². The largest absolute Gasteiger partial charge is 0.496 e. The second kappa shape index (κ2) is 7.30. The van der Waals surface area contributed by atoms with Gasteiger partial charge in [0.1, 0.15) is 12.3 Å². The Morgan fingerprint density at radius 3 is 2.70 bits per heavy atom.